The maximum Gasteiger partial charge on any atom is 0.106 e. The molecule has 4 rings (SSSR count). The minimum Gasteiger partial charge on any atom is -0.298 e. The highest BCUT2D eigenvalue weighted by Gasteiger charge is 2.28. The van der Waals surface area contributed by atoms with E-state index in [-0.39, 0.29) is 0 Å². The molecule has 4 heteroatoms. The topological polar surface area (TPSA) is 19.4 Å². The lowest BCUT2D eigenvalue weighted by molar-refractivity contribution is 0.0726. The van der Waals surface area contributed by atoms with E-state index in [1.54, 1.807) is 5.56 Å². The summed E-state index contributed by atoms with van der Waals surface area (Å²) in [5.74, 6) is 0.777. The smallest absolute Gasteiger partial charge is 0.106 e. The summed E-state index contributed by atoms with van der Waals surface area (Å²) in [6, 6.07) is 16.1. The molecular formula is C22H28BrN3. The molecule has 26 heavy (non-hydrogen) atoms. The van der Waals surface area contributed by atoms with Crippen molar-refractivity contribution >= 4 is 15.9 Å². The molecule has 1 saturated heterocycles. The van der Waals surface area contributed by atoms with Crippen molar-refractivity contribution in [1.29, 1.82) is 0 Å². The van der Waals surface area contributed by atoms with E-state index in [9.17, 15) is 0 Å². The molecule has 1 saturated carbocycles. The van der Waals surface area contributed by atoms with Gasteiger partial charge in [-0.25, -0.2) is 4.98 Å². The van der Waals surface area contributed by atoms with Crippen molar-refractivity contribution < 1.29 is 0 Å². The Hall–Kier alpha value is -1.23. The summed E-state index contributed by atoms with van der Waals surface area (Å²) >= 11 is 3.41. The third-order valence-electron chi connectivity index (χ3n) is 6.09. The molecule has 0 N–H and O–H groups in total. The van der Waals surface area contributed by atoms with Crippen molar-refractivity contribution in [2.45, 2.75) is 44.2 Å². The number of benzene rings is 1. The van der Waals surface area contributed by atoms with E-state index in [2.05, 4.69) is 67.1 Å². The lowest BCUT2D eigenvalue weighted by atomic mass is 9.81. The molecule has 3 nitrogen and oxygen atoms in total. The zero-order valence-corrected chi connectivity index (χ0v) is 16.9. The first-order valence-corrected chi connectivity index (χ1v) is 10.7. The Kier molecular flexibility index (Phi) is 6.03. The van der Waals surface area contributed by atoms with Gasteiger partial charge in [-0.05, 0) is 64.7 Å². The number of rotatable bonds is 4. The summed E-state index contributed by atoms with van der Waals surface area (Å²) in [7, 11) is 0. The van der Waals surface area contributed by atoms with E-state index >= 15 is 0 Å². The van der Waals surface area contributed by atoms with Gasteiger partial charge in [0.15, 0.2) is 0 Å². The fraction of sp³-hybridized carbons (Fsp3) is 0.500. The fourth-order valence-electron chi connectivity index (χ4n) is 4.54. The molecule has 2 fully saturated rings. The van der Waals surface area contributed by atoms with Gasteiger partial charge in [-0.3, -0.25) is 9.80 Å². The number of aromatic nitrogens is 1. The second-order valence-electron chi connectivity index (χ2n) is 7.72. The maximum atomic E-state index is 4.34. The van der Waals surface area contributed by atoms with Gasteiger partial charge < -0.3 is 0 Å². The number of hydrogen-bond donors (Lipinski definition) is 0. The van der Waals surface area contributed by atoms with Crippen LogP contribution in [0.1, 0.15) is 42.7 Å². The zero-order valence-electron chi connectivity index (χ0n) is 15.4. The van der Waals surface area contributed by atoms with Crippen LogP contribution in [0.5, 0.6) is 0 Å². The average Bonchev–Trinajstić information content (AvgIpc) is 2.71. The first kappa shape index (κ1) is 18.1. The van der Waals surface area contributed by atoms with E-state index in [4.69, 9.17) is 0 Å². The second-order valence-corrected chi connectivity index (χ2v) is 8.53. The minimum absolute atomic E-state index is 0.777. The van der Waals surface area contributed by atoms with E-state index in [0.29, 0.717) is 0 Å². The molecule has 1 aliphatic heterocycles. The third kappa shape index (κ3) is 4.54. The van der Waals surface area contributed by atoms with Crippen LogP contribution in [0.15, 0.2) is 53.3 Å². The molecule has 0 unspecified atom stereocenters. The van der Waals surface area contributed by atoms with Crippen molar-refractivity contribution in [2.24, 2.45) is 0 Å². The summed E-state index contributed by atoms with van der Waals surface area (Å²) in [4.78, 5) is 9.66. The van der Waals surface area contributed by atoms with Crippen molar-refractivity contribution in [1.82, 2.24) is 14.8 Å². The van der Waals surface area contributed by atoms with Crippen LogP contribution >= 0.6 is 15.9 Å². The molecular weight excluding hydrogens is 386 g/mol. The van der Waals surface area contributed by atoms with Crippen molar-refractivity contribution in [3.8, 4) is 0 Å². The van der Waals surface area contributed by atoms with Crippen LogP contribution in [0, 0.1) is 0 Å². The largest absolute Gasteiger partial charge is 0.298 e. The van der Waals surface area contributed by atoms with Crippen LogP contribution in [-0.4, -0.2) is 47.0 Å². The Bertz CT molecular complexity index is 672. The predicted molar refractivity (Wildman–Crippen MR) is 110 cm³/mol. The Morgan fingerprint density at radius 2 is 1.62 bits per heavy atom. The van der Waals surface area contributed by atoms with Crippen LogP contribution in [-0.2, 0) is 6.54 Å². The molecule has 2 aromatic rings. The standard InChI is InChI=1S/C22H28BrN3/c23-22-11-6-18(16-24-22)17-25-12-14-26(15-13-25)21-9-7-20(8-10-21)19-4-2-1-3-5-19/h1-6,11,16,20-21H,7-10,12-15,17H2. The van der Waals surface area contributed by atoms with Crippen molar-refractivity contribution in [3.63, 3.8) is 0 Å². The monoisotopic (exact) mass is 413 g/mol. The van der Waals surface area contributed by atoms with Gasteiger partial charge in [-0.2, -0.15) is 0 Å². The molecule has 2 heterocycles. The predicted octanol–water partition coefficient (Wildman–Crippen LogP) is 4.69. The van der Waals surface area contributed by atoms with Gasteiger partial charge in [0.05, 0.1) is 0 Å². The van der Waals surface area contributed by atoms with Crippen molar-refractivity contribution in [2.75, 3.05) is 26.2 Å². The van der Waals surface area contributed by atoms with Gasteiger partial charge in [0.25, 0.3) is 0 Å². The van der Waals surface area contributed by atoms with E-state index in [0.717, 1.165) is 23.1 Å². The first-order valence-electron chi connectivity index (χ1n) is 9.90. The Morgan fingerprint density at radius 1 is 0.885 bits per heavy atom. The van der Waals surface area contributed by atoms with Gasteiger partial charge in [0, 0.05) is 45.0 Å². The number of piperazine rings is 1. The van der Waals surface area contributed by atoms with Crippen LogP contribution in [0.25, 0.3) is 0 Å². The lowest BCUT2D eigenvalue weighted by Crippen LogP contribution is -2.50. The maximum absolute atomic E-state index is 4.34. The molecule has 0 radical (unpaired) electrons. The lowest BCUT2D eigenvalue weighted by Gasteiger charge is -2.42. The number of hydrogen-bond acceptors (Lipinski definition) is 3. The third-order valence-corrected chi connectivity index (χ3v) is 6.55. The number of halogens is 1. The molecule has 1 aromatic heterocycles. The summed E-state index contributed by atoms with van der Waals surface area (Å²) < 4.78 is 0.914. The highest BCUT2D eigenvalue weighted by molar-refractivity contribution is 9.10. The second kappa shape index (κ2) is 8.64. The zero-order chi connectivity index (χ0) is 17.8. The van der Waals surface area contributed by atoms with Gasteiger partial charge >= 0.3 is 0 Å². The molecule has 1 aliphatic carbocycles. The summed E-state index contributed by atoms with van der Waals surface area (Å²) in [5.41, 5.74) is 2.85. The highest BCUT2D eigenvalue weighted by Crippen LogP contribution is 2.34. The number of nitrogens with zero attached hydrogens (tertiary/aromatic N) is 3. The van der Waals surface area contributed by atoms with Crippen LogP contribution in [0.4, 0.5) is 0 Å². The molecule has 138 valence electrons. The van der Waals surface area contributed by atoms with E-state index < -0.39 is 0 Å². The first-order chi connectivity index (χ1) is 12.8. The molecule has 2 aliphatic rings. The summed E-state index contributed by atoms with van der Waals surface area (Å²) in [6.07, 6.45) is 7.40. The molecule has 0 amide bonds. The van der Waals surface area contributed by atoms with Gasteiger partial charge in [-0.15, -0.1) is 0 Å². The fourth-order valence-corrected chi connectivity index (χ4v) is 4.78. The quantitative estimate of drug-likeness (QED) is 0.677. The Balaban J connectivity index is 1.23. The Labute approximate surface area is 165 Å². The van der Waals surface area contributed by atoms with Crippen LogP contribution < -0.4 is 0 Å². The molecule has 0 spiro atoms. The van der Waals surface area contributed by atoms with E-state index in [1.807, 2.05) is 12.3 Å². The highest BCUT2D eigenvalue weighted by atomic mass is 79.9. The molecule has 1 aromatic carbocycles. The van der Waals surface area contributed by atoms with E-state index in [1.165, 1.54) is 57.4 Å². The van der Waals surface area contributed by atoms with Crippen LogP contribution in [0.2, 0.25) is 0 Å². The van der Waals surface area contributed by atoms with Crippen LogP contribution in [0.3, 0.4) is 0 Å². The normalized spacial score (nSPS) is 25.3. The number of pyridine rings is 1. The summed E-state index contributed by atoms with van der Waals surface area (Å²) in [5, 5.41) is 0. The van der Waals surface area contributed by atoms with Gasteiger partial charge in [0.2, 0.25) is 0 Å². The van der Waals surface area contributed by atoms with Crippen molar-refractivity contribution in [3.05, 3.63) is 64.4 Å². The minimum atomic E-state index is 0.777. The molecule has 0 bridgehead atoms. The Morgan fingerprint density at radius 3 is 2.27 bits per heavy atom. The van der Waals surface area contributed by atoms with Gasteiger partial charge in [-0.1, -0.05) is 36.4 Å². The van der Waals surface area contributed by atoms with Gasteiger partial charge in [0.1, 0.15) is 4.60 Å². The summed E-state index contributed by atoms with van der Waals surface area (Å²) in [6.45, 7) is 5.80. The SMILES string of the molecule is Brc1ccc(CN2CCN(C3CCC(c4ccccc4)CC3)CC2)cn1. The molecule has 0 atom stereocenters. The average molecular weight is 414 g/mol.